The molecule has 1 saturated heterocycles. The summed E-state index contributed by atoms with van der Waals surface area (Å²) in [6.45, 7) is 2.92. The molecule has 0 bridgehead atoms. The Kier molecular flexibility index (Phi) is 3.36. The van der Waals surface area contributed by atoms with Crippen LogP contribution in [-0.4, -0.2) is 25.1 Å². The average molecular weight is 253 g/mol. The smallest absolute Gasteiger partial charge is 0.118 e. The molecule has 1 heterocycles. The standard InChI is InChI=1S/C17H19NO/c1-19-17(16-10-6-3-7-11-16)13-18(14-17)12-15-8-4-2-5-9-15/h2-11H,12-14H2,1H3. The van der Waals surface area contributed by atoms with E-state index in [0.717, 1.165) is 19.6 Å². The Balaban J connectivity index is 1.67. The molecule has 0 radical (unpaired) electrons. The molecule has 2 heteroatoms. The van der Waals surface area contributed by atoms with Gasteiger partial charge in [0.05, 0.1) is 0 Å². The first-order valence-corrected chi connectivity index (χ1v) is 6.69. The summed E-state index contributed by atoms with van der Waals surface area (Å²) in [6.07, 6.45) is 0. The van der Waals surface area contributed by atoms with Crippen molar-refractivity contribution in [2.24, 2.45) is 0 Å². The predicted molar refractivity (Wildman–Crippen MR) is 76.8 cm³/mol. The number of methoxy groups -OCH3 is 1. The molecule has 19 heavy (non-hydrogen) atoms. The van der Waals surface area contributed by atoms with Gasteiger partial charge in [-0.2, -0.15) is 0 Å². The number of benzene rings is 2. The quantitative estimate of drug-likeness (QED) is 0.830. The Labute approximate surface area is 114 Å². The highest BCUT2D eigenvalue weighted by Crippen LogP contribution is 2.35. The van der Waals surface area contributed by atoms with Crippen LogP contribution < -0.4 is 0 Å². The Bertz CT molecular complexity index is 517. The van der Waals surface area contributed by atoms with Crippen LogP contribution in [0, 0.1) is 0 Å². The number of ether oxygens (including phenoxy) is 1. The lowest BCUT2D eigenvalue weighted by Crippen LogP contribution is -2.59. The lowest BCUT2D eigenvalue weighted by Gasteiger charge is -2.49. The minimum atomic E-state index is -0.115. The van der Waals surface area contributed by atoms with Gasteiger partial charge in [-0.1, -0.05) is 60.7 Å². The highest BCUT2D eigenvalue weighted by Gasteiger charge is 2.44. The first kappa shape index (κ1) is 12.4. The third-order valence-corrected chi connectivity index (χ3v) is 3.90. The summed E-state index contributed by atoms with van der Waals surface area (Å²) in [7, 11) is 1.81. The number of likely N-dealkylation sites (tertiary alicyclic amines) is 1. The molecule has 0 atom stereocenters. The van der Waals surface area contributed by atoms with Crippen molar-refractivity contribution in [3.8, 4) is 0 Å². The van der Waals surface area contributed by atoms with E-state index in [-0.39, 0.29) is 5.60 Å². The van der Waals surface area contributed by atoms with Crippen molar-refractivity contribution in [2.75, 3.05) is 20.2 Å². The van der Waals surface area contributed by atoms with E-state index in [0.29, 0.717) is 0 Å². The summed E-state index contributed by atoms with van der Waals surface area (Å²) >= 11 is 0. The molecule has 98 valence electrons. The van der Waals surface area contributed by atoms with E-state index in [2.05, 4.69) is 59.5 Å². The lowest BCUT2D eigenvalue weighted by molar-refractivity contribution is -0.134. The predicted octanol–water partition coefficient (Wildman–Crippen LogP) is 3.04. The monoisotopic (exact) mass is 253 g/mol. The van der Waals surface area contributed by atoms with Crippen molar-refractivity contribution in [3.63, 3.8) is 0 Å². The SMILES string of the molecule is COC1(c2ccccc2)CN(Cc2ccccc2)C1. The van der Waals surface area contributed by atoms with Crippen LogP contribution in [0.1, 0.15) is 11.1 Å². The minimum Gasteiger partial charge on any atom is -0.371 e. The fourth-order valence-electron chi connectivity index (χ4n) is 2.80. The second kappa shape index (κ2) is 5.16. The van der Waals surface area contributed by atoms with E-state index in [1.165, 1.54) is 11.1 Å². The van der Waals surface area contributed by atoms with Crippen LogP contribution in [0.25, 0.3) is 0 Å². The highest BCUT2D eigenvalue weighted by atomic mass is 16.5. The second-order valence-corrected chi connectivity index (χ2v) is 5.20. The molecule has 1 aliphatic rings. The normalized spacial score (nSPS) is 17.9. The van der Waals surface area contributed by atoms with E-state index in [4.69, 9.17) is 4.74 Å². The lowest BCUT2D eigenvalue weighted by atomic mass is 9.85. The highest BCUT2D eigenvalue weighted by molar-refractivity contribution is 5.27. The Morgan fingerprint density at radius 3 is 2.11 bits per heavy atom. The van der Waals surface area contributed by atoms with Gasteiger partial charge in [-0.3, -0.25) is 4.90 Å². The zero-order chi connectivity index (χ0) is 13.1. The van der Waals surface area contributed by atoms with Crippen LogP contribution in [0.5, 0.6) is 0 Å². The molecule has 0 spiro atoms. The molecule has 0 N–H and O–H groups in total. The Morgan fingerprint density at radius 1 is 0.947 bits per heavy atom. The van der Waals surface area contributed by atoms with Gasteiger partial charge in [-0.15, -0.1) is 0 Å². The topological polar surface area (TPSA) is 12.5 Å². The van der Waals surface area contributed by atoms with Crippen LogP contribution in [0.3, 0.4) is 0 Å². The zero-order valence-corrected chi connectivity index (χ0v) is 11.3. The molecule has 2 nitrogen and oxygen atoms in total. The van der Waals surface area contributed by atoms with Crippen LogP contribution in [-0.2, 0) is 16.9 Å². The summed E-state index contributed by atoms with van der Waals surface area (Å²) in [5.41, 5.74) is 2.53. The van der Waals surface area contributed by atoms with Gasteiger partial charge in [0.1, 0.15) is 5.60 Å². The molecule has 0 amide bonds. The molecule has 0 aliphatic carbocycles. The Morgan fingerprint density at radius 2 is 1.53 bits per heavy atom. The summed E-state index contributed by atoms with van der Waals surface area (Å²) in [5.74, 6) is 0. The maximum absolute atomic E-state index is 5.79. The third-order valence-electron chi connectivity index (χ3n) is 3.90. The fraction of sp³-hybridized carbons (Fsp3) is 0.294. The fourth-order valence-corrected chi connectivity index (χ4v) is 2.80. The summed E-state index contributed by atoms with van der Waals surface area (Å²) in [6, 6.07) is 21.1. The van der Waals surface area contributed by atoms with Gasteiger partial charge in [-0.25, -0.2) is 0 Å². The first-order valence-electron chi connectivity index (χ1n) is 6.69. The second-order valence-electron chi connectivity index (χ2n) is 5.20. The molecule has 2 aromatic rings. The van der Waals surface area contributed by atoms with E-state index in [9.17, 15) is 0 Å². The van der Waals surface area contributed by atoms with Crippen molar-refractivity contribution < 1.29 is 4.74 Å². The summed E-state index contributed by atoms with van der Waals surface area (Å²) < 4.78 is 5.79. The first-order chi connectivity index (χ1) is 9.32. The molecule has 1 fully saturated rings. The van der Waals surface area contributed by atoms with Gasteiger partial charge in [0.2, 0.25) is 0 Å². The largest absolute Gasteiger partial charge is 0.371 e. The van der Waals surface area contributed by atoms with Crippen molar-refractivity contribution in [1.82, 2.24) is 4.90 Å². The van der Waals surface area contributed by atoms with Gasteiger partial charge in [0, 0.05) is 26.7 Å². The molecular formula is C17H19NO. The molecule has 0 saturated carbocycles. The van der Waals surface area contributed by atoms with Crippen LogP contribution in [0.2, 0.25) is 0 Å². The molecule has 1 aliphatic heterocycles. The van der Waals surface area contributed by atoms with Crippen LogP contribution in [0.15, 0.2) is 60.7 Å². The molecule has 3 rings (SSSR count). The van der Waals surface area contributed by atoms with Gasteiger partial charge in [-0.05, 0) is 11.1 Å². The van der Waals surface area contributed by atoms with Gasteiger partial charge >= 0.3 is 0 Å². The van der Waals surface area contributed by atoms with Crippen molar-refractivity contribution in [2.45, 2.75) is 12.1 Å². The van der Waals surface area contributed by atoms with Crippen molar-refractivity contribution in [1.29, 1.82) is 0 Å². The van der Waals surface area contributed by atoms with Gasteiger partial charge in [0.25, 0.3) is 0 Å². The third kappa shape index (κ3) is 2.42. The van der Waals surface area contributed by atoms with E-state index in [1.54, 1.807) is 0 Å². The summed E-state index contributed by atoms with van der Waals surface area (Å²) in [5, 5.41) is 0. The maximum atomic E-state index is 5.79. The van der Waals surface area contributed by atoms with Crippen LogP contribution >= 0.6 is 0 Å². The zero-order valence-electron chi connectivity index (χ0n) is 11.3. The maximum Gasteiger partial charge on any atom is 0.118 e. The number of rotatable bonds is 4. The number of hydrogen-bond acceptors (Lipinski definition) is 2. The van der Waals surface area contributed by atoms with Gasteiger partial charge in [0.15, 0.2) is 0 Å². The van der Waals surface area contributed by atoms with Crippen molar-refractivity contribution >= 4 is 0 Å². The van der Waals surface area contributed by atoms with E-state index in [1.807, 2.05) is 13.2 Å². The number of nitrogens with zero attached hydrogens (tertiary/aromatic N) is 1. The Hall–Kier alpha value is -1.64. The summed E-state index contributed by atoms with van der Waals surface area (Å²) in [4.78, 5) is 2.42. The molecule has 0 unspecified atom stereocenters. The van der Waals surface area contributed by atoms with Crippen molar-refractivity contribution in [3.05, 3.63) is 71.8 Å². The average Bonchev–Trinajstić information content (AvgIpc) is 2.44. The molecule has 2 aromatic carbocycles. The van der Waals surface area contributed by atoms with E-state index >= 15 is 0 Å². The van der Waals surface area contributed by atoms with Crippen LogP contribution in [0.4, 0.5) is 0 Å². The van der Waals surface area contributed by atoms with E-state index < -0.39 is 0 Å². The van der Waals surface area contributed by atoms with Gasteiger partial charge < -0.3 is 4.74 Å². The molecule has 0 aromatic heterocycles. The number of hydrogen-bond donors (Lipinski definition) is 0. The minimum absolute atomic E-state index is 0.115. The molecular weight excluding hydrogens is 234 g/mol.